The molecular weight excluding hydrogens is 379 g/mol. The molecule has 29 heavy (non-hydrogen) atoms. The predicted octanol–water partition coefficient (Wildman–Crippen LogP) is 2.40. The summed E-state index contributed by atoms with van der Waals surface area (Å²) >= 11 is 0. The van der Waals surface area contributed by atoms with Crippen molar-refractivity contribution in [2.24, 2.45) is 0 Å². The zero-order valence-electron chi connectivity index (χ0n) is 16.2. The number of hydrogen-bond donors (Lipinski definition) is 1. The Bertz CT molecular complexity index is 851. The van der Waals surface area contributed by atoms with E-state index in [9.17, 15) is 14.0 Å². The summed E-state index contributed by atoms with van der Waals surface area (Å²) in [6, 6.07) is 11.6. The van der Waals surface area contributed by atoms with Gasteiger partial charge in [-0.1, -0.05) is 6.07 Å². The number of methoxy groups -OCH3 is 1. The van der Waals surface area contributed by atoms with E-state index >= 15 is 0 Å². The molecule has 1 heterocycles. The molecule has 7 nitrogen and oxygen atoms in total. The number of nitrogens with one attached hydrogen (secondary N) is 1. The van der Waals surface area contributed by atoms with Crippen molar-refractivity contribution in [3.8, 4) is 5.75 Å². The standard InChI is InChI=1S/C21H23FN2O5/c1-27-19-7-2-15(12-18(19)22)13-21(26)29-14-20(25)23-16-3-5-17(6-4-16)24-8-10-28-11-9-24/h2-7,12H,8-11,13-14H2,1H3,(H,23,25). The molecule has 8 heteroatoms. The number of rotatable bonds is 7. The number of morpholine rings is 1. The molecule has 2 aromatic carbocycles. The molecule has 1 aliphatic rings. The third-order valence-corrected chi connectivity index (χ3v) is 4.46. The van der Waals surface area contributed by atoms with Gasteiger partial charge in [0.2, 0.25) is 0 Å². The van der Waals surface area contributed by atoms with Crippen molar-refractivity contribution < 1.29 is 28.2 Å². The number of hydrogen-bond acceptors (Lipinski definition) is 6. The van der Waals surface area contributed by atoms with Gasteiger partial charge >= 0.3 is 5.97 Å². The molecule has 2 aromatic rings. The zero-order valence-corrected chi connectivity index (χ0v) is 16.2. The topological polar surface area (TPSA) is 77.1 Å². The fourth-order valence-corrected chi connectivity index (χ4v) is 2.96. The van der Waals surface area contributed by atoms with Crippen LogP contribution in [-0.4, -0.2) is 51.9 Å². The van der Waals surface area contributed by atoms with Gasteiger partial charge in [-0.25, -0.2) is 4.39 Å². The van der Waals surface area contributed by atoms with E-state index in [1.165, 1.54) is 19.2 Å². The van der Waals surface area contributed by atoms with E-state index in [-0.39, 0.29) is 12.2 Å². The smallest absolute Gasteiger partial charge is 0.310 e. The van der Waals surface area contributed by atoms with E-state index in [0.717, 1.165) is 18.8 Å². The number of ether oxygens (including phenoxy) is 3. The Morgan fingerprint density at radius 3 is 2.52 bits per heavy atom. The Labute approximate surface area is 168 Å². The Balaban J connectivity index is 1.44. The van der Waals surface area contributed by atoms with Crippen LogP contribution in [0.4, 0.5) is 15.8 Å². The van der Waals surface area contributed by atoms with E-state index < -0.39 is 24.3 Å². The summed E-state index contributed by atoms with van der Waals surface area (Å²) in [6.45, 7) is 2.65. The Morgan fingerprint density at radius 2 is 1.86 bits per heavy atom. The van der Waals surface area contributed by atoms with Crippen molar-refractivity contribution in [3.05, 3.63) is 53.8 Å². The molecule has 0 aromatic heterocycles. The second kappa shape index (κ2) is 9.88. The van der Waals surface area contributed by atoms with Gasteiger partial charge in [-0.3, -0.25) is 9.59 Å². The van der Waals surface area contributed by atoms with Crippen LogP contribution in [0.15, 0.2) is 42.5 Å². The highest BCUT2D eigenvalue weighted by molar-refractivity contribution is 5.93. The van der Waals surface area contributed by atoms with Crippen molar-refractivity contribution in [1.29, 1.82) is 0 Å². The Morgan fingerprint density at radius 1 is 1.14 bits per heavy atom. The molecule has 0 atom stereocenters. The van der Waals surface area contributed by atoms with Crippen molar-refractivity contribution >= 4 is 23.3 Å². The van der Waals surface area contributed by atoms with Crippen LogP contribution >= 0.6 is 0 Å². The van der Waals surface area contributed by atoms with Gasteiger partial charge in [0, 0.05) is 24.5 Å². The quantitative estimate of drug-likeness (QED) is 0.717. The first-order valence-electron chi connectivity index (χ1n) is 9.26. The minimum absolute atomic E-state index is 0.0983. The normalized spacial score (nSPS) is 13.7. The maximum Gasteiger partial charge on any atom is 0.310 e. The fourth-order valence-electron chi connectivity index (χ4n) is 2.96. The second-order valence-electron chi connectivity index (χ2n) is 6.50. The van der Waals surface area contributed by atoms with Gasteiger partial charge < -0.3 is 24.4 Å². The molecule has 1 N–H and O–H groups in total. The summed E-state index contributed by atoms with van der Waals surface area (Å²) in [4.78, 5) is 26.1. The highest BCUT2D eigenvalue weighted by Gasteiger charge is 2.13. The van der Waals surface area contributed by atoms with E-state index in [2.05, 4.69) is 10.2 Å². The molecule has 1 saturated heterocycles. The van der Waals surface area contributed by atoms with Crippen molar-refractivity contribution in [2.75, 3.05) is 50.2 Å². The summed E-state index contributed by atoms with van der Waals surface area (Å²) in [5.74, 6) is -1.53. The van der Waals surface area contributed by atoms with Crippen LogP contribution in [0.1, 0.15) is 5.56 Å². The summed E-state index contributed by atoms with van der Waals surface area (Å²) in [6.07, 6.45) is -0.136. The van der Waals surface area contributed by atoms with E-state index in [0.29, 0.717) is 24.5 Å². The third kappa shape index (κ3) is 5.92. The van der Waals surface area contributed by atoms with Crippen LogP contribution in [0.25, 0.3) is 0 Å². The number of amides is 1. The number of carbonyl (C=O) groups excluding carboxylic acids is 2. The molecule has 0 unspecified atom stereocenters. The predicted molar refractivity (Wildman–Crippen MR) is 106 cm³/mol. The van der Waals surface area contributed by atoms with Gasteiger partial charge in [0.05, 0.1) is 26.7 Å². The lowest BCUT2D eigenvalue weighted by Crippen LogP contribution is -2.36. The average Bonchev–Trinajstić information content (AvgIpc) is 2.74. The highest BCUT2D eigenvalue weighted by atomic mass is 19.1. The van der Waals surface area contributed by atoms with Crippen molar-refractivity contribution in [3.63, 3.8) is 0 Å². The van der Waals surface area contributed by atoms with E-state index in [4.69, 9.17) is 14.2 Å². The lowest BCUT2D eigenvalue weighted by molar-refractivity contribution is -0.146. The van der Waals surface area contributed by atoms with Crippen LogP contribution in [0, 0.1) is 5.82 Å². The molecule has 1 amide bonds. The minimum atomic E-state index is -0.618. The first kappa shape index (κ1) is 20.6. The monoisotopic (exact) mass is 402 g/mol. The molecule has 1 aliphatic heterocycles. The van der Waals surface area contributed by atoms with E-state index in [1.54, 1.807) is 18.2 Å². The fraction of sp³-hybridized carbons (Fsp3) is 0.333. The lowest BCUT2D eigenvalue weighted by atomic mass is 10.1. The first-order valence-corrected chi connectivity index (χ1v) is 9.26. The number of anilines is 2. The number of carbonyl (C=O) groups is 2. The van der Waals surface area contributed by atoms with Gasteiger partial charge in [0.1, 0.15) is 0 Å². The maximum atomic E-state index is 13.7. The molecule has 1 fully saturated rings. The number of nitrogens with zero attached hydrogens (tertiary/aromatic N) is 1. The van der Waals surface area contributed by atoms with Crippen molar-refractivity contribution in [2.45, 2.75) is 6.42 Å². The molecule has 0 aliphatic carbocycles. The van der Waals surface area contributed by atoms with Gasteiger partial charge in [-0.15, -0.1) is 0 Å². The largest absolute Gasteiger partial charge is 0.494 e. The van der Waals surface area contributed by atoms with Gasteiger partial charge in [-0.2, -0.15) is 0 Å². The summed E-state index contributed by atoms with van der Waals surface area (Å²) in [5.41, 5.74) is 2.11. The molecule has 154 valence electrons. The van der Waals surface area contributed by atoms with Crippen molar-refractivity contribution in [1.82, 2.24) is 0 Å². The summed E-state index contributed by atoms with van der Waals surface area (Å²) in [5, 5.41) is 2.68. The van der Waals surface area contributed by atoms with Crippen LogP contribution in [0.3, 0.4) is 0 Å². The summed E-state index contributed by atoms with van der Waals surface area (Å²) < 4.78 is 28.8. The number of esters is 1. The molecule has 0 spiro atoms. The van der Waals surface area contributed by atoms with Crippen LogP contribution in [0.2, 0.25) is 0 Å². The number of halogens is 1. The van der Waals surface area contributed by atoms with Crippen LogP contribution in [-0.2, 0) is 25.5 Å². The van der Waals surface area contributed by atoms with E-state index in [1.807, 2.05) is 12.1 Å². The first-order chi connectivity index (χ1) is 14.0. The maximum absolute atomic E-state index is 13.7. The number of benzene rings is 2. The zero-order chi connectivity index (χ0) is 20.6. The molecule has 0 radical (unpaired) electrons. The van der Waals surface area contributed by atoms with Gasteiger partial charge in [0.25, 0.3) is 5.91 Å². The summed E-state index contributed by atoms with van der Waals surface area (Å²) in [7, 11) is 1.36. The SMILES string of the molecule is COc1ccc(CC(=O)OCC(=O)Nc2ccc(N3CCOCC3)cc2)cc1F. The van der Waals surface area contributed by atoms with Gasteiger partial charge in [-0.05, 0) is 42.0 Å². The highest BCUT2D eigenvalue weighted by Crippen LogP contribution is 2.19. The Kier molecular flexibility index (Phi) is 7.02. The van der Waals surface area contributed by atoms with Crippen LogP contribution < -0.4 is 15.0 Å². The van der Waals surface area contributed by atoms with Gasteiger partial charge in [0.15, 0.2) is 18.2 Å². The van der Waals surface area contributed by atoms with Crippen LogP contribution in [0.5, 0.6) is 5.75 Å². The second-order valence-corrected chi connectivity index (χ2v) is 6.50. The molecule has 0 bridgehead atoms. The third-order valence-electron chi connectivity index (χ3n) is 4.46. The minimum Gasteiger partial charge on any atom is -0.494 e. The molecule has 3 rings (SSSR count). The average molecular weight is 402 g/mol. The molecule has 0 saturated carbocycles. The lowest BCUT2D eigenvalue weighted by Gasteiger charge is -2.28. The Hall–Kier alpha value is -3.13. The molecular formula is C21H23FN2O5.